The summed E-state index contributed by atoms with van der Waals surface area (Å²) in [6.07, 6.45) is 0. The lowest BCUT2D eigenvalue weighted by atomic mass is 10.1. The minimum atomic E-state index is -0.178. The molecule has 2 aromatic carbocycles. The Morgan fingerprint density at radius 3 is 2.27 bits per heavy atom. The standard InChI is InChI=1S/C20H24N2O4/c1-14-12-18(24-2)19(25-3)13-17(14)20(23)21-15-4-6-16(7-5-15)22-8-10-26-11-9-22/h4-7,12-13H,8-11H2,1-3H3,(H,21,23). The van der Waals surface area contributed by atoms with Crippen molar-refractivity contribution in [1.82, 2.24) is 0 Å². The molecule has 0 bridgehead atoms. The SMILES string of the molecule is COc1cc(C)c(C(=O)Nc2ccc(N3CCOCC3)cc2)cc1OC. The third kappa shape index (κ3) is 3.91. The van der Waals surface area contributed by atoms with Gasteiger partial charge in [0.05, 0.1) is 27.4 Å². The lowest BCUT2D eigenvalue weighted by molar-refractivity contribution is 0.102. The van der Waals surface area contributed by atoms with Gasteiger partial charge in [0, 0.05) is 30.0 Å². The molecule has 1 aliphatic rings. The van der Waals surface area contributed by atoms with E-state index in [1.807, 2.05) is 31.2 Å². The van der Waals surface area contributed by atoms with Gasteiger partial charge in [-0.25, -0.2) is 0 Å². The van der Waals surface area contributed by atoms with Crippen LogP contribution >= 0.6 is 0 Å². The molecule has 2 aromatic rings. The first-order valence-electron chi connectivity index (χ1n) is 8.59. The second kappa shape index (κ2) is 8.10. The monoisotopic (exact) mass is 356 g/mol. The number of aryl methyl sites for hydroxylation is 1. The van der Waals surface area contributed by atoms with Gasteiger partial charge in [0.15, 0.2) is 11.5 Å². The molecule has 3 rings (SSSR count). The van der Waals surface area contributed by atoms with Crippen LogP contribution in [0.25, 0.3) is 0 Å². The van der Waals surface area contributed by atoms with Crippen LogP contribution in [0.3, 0.4) is 0 Å². The number of methoxy groups -OCH3 is 2. The number of carbonyl (C=O) groups excluding carboxylic acids is 1. The van der Waals surface area contributed by atoms with E-state index in [2.05, 4.69) is 10.2 Å². The average molecular weight is 356 g/mol. The van der Waals surface area contributed by atoms with Gasteiger partial charge in [0.25, 0.3) is 5.91 Å². The van der Waals surface area contributed by atoms with E-state index in [4.69, 9.17) is 14.2 Å². The van der Waals surface area contributed by atoms with Crippen molar-refractivity contribution in [2.75, 3.05) is 50.7 Å². The number of benzene rings is 2. The quantitative estimate of drug-likeness (QED) is 0.892. The smallest absolute Gasteiger partial charge is 0.256 e. The van der Waals surface area contributed by atoms with E-state index < -0.39 is 0 Å². The second-order valence-corrected chi connectivity index (χ2v) is 6.12. The Morgan fingerprint density at radius 2 is 1.65 bits per heavy atom. The zero-order chi connectivity index (χ0) is 18.5. The Kier molecular flexibility index (Phi) is 5.63. The number of morpholine rings is 1. The lowest BCUT2D eigenvalue weighted by Gasteiger charge is -2.28. The second-order valence-electron chi connectivity index (χ2n) is 6.12. The fourth-order valence-electron chi connectivity index (χ4n) is 3.00. The normalized spacial score (nSPS) is 14.0. The number of anilines is 2. The Balaban J connectivity index is 1.73. The molecule has 0 spiro atoms. The van der Waals surface area contributed by atoms with Crippen molar-refractivity contribution >= 4 is 17.3 Å². The number of nitrogens with one attached hydrogen (secondary N) is 1. The van der Waals surface area contributed by atoms with Crippen molar-refractivity contribution in [3.05, 3.63) is 47.5 Å². The van der Waals surface area contributed by atoms with Crippen molar-refractivity contribution in [2.45, 2.75) is 6.92 Å². The zero-order valence-electron chi connectivity index (χ0n) is 15.4. The zero-order valence-corrected chi connectivity index (χ0v) is 15.4. The number of rotatable bonds is 5. The number of carbonyl (C=O) groups is 1. The summed E-state index contributed by atoms with van der Waals surface area (Å²) in [5.41, 5.74) is 3.26. The van der Waals surface area contributed by atoms with Crippen LogP contribution in [-0.4, -0.2) is 46.4 Å². The number of hydrogen-bond donors (Lipinski definition) is 1. The Bertz CT molecular complexity index is 768. The first-order valence-corrected chi connectivity index (χ1v) is 8.59. The average Bonchev–Trinajstić information content (AvgIpc) is 2.68. The summed E-state index contributed by atoms with van der Waals surface area (Å²) in [5.74, 6) is 0.963. The third-order valence-electron chi connectivity index (χ3n) is 4.48. The third-order valence-corrected chi connectivity index (χ3v) is 4.48. The van der Waals surface area contributed by atoms with Crippen LogP contribution in [-0.2, 0) is 4.74 Å². The maximum Gasteiger partial charge on any atom is 0.256 e. The predicted octanol–water partition coefficient (Wildman–Crippen LogP) is 3.10. The molecule has 6 heteroatoms. The molecule has 6 nitrogen and oxygen atoms in total. The fraction of sp³-hybridized carbons (Fsp3) is 0.350. The molecular weight excluding hydrogens is 332 g/mol. The van der Waals surface area contributed by atoms with Crippen molar-refractivity contribution in [3.63, 3.8) is 0 Å². The minimum Gasteiger partial charge on any atom is -0.493 e. The van der Waals surface area contributed by atoms with Crippen LogP contribution in [0.5, 0.6) is 11.5 Å². The molecule has 138 valence electrons. The lowest BCUT2D eigenvalue weighted by Crippen LogP contribution is -2.36. The Morgan fingerprint density at radius 1 is 1.04 bits per heavy atom. The maximum absolute atomic E-state index is 12.7. The summed E-state index contributed by atoms with van der Waals surface area (Å²) in [7, 11) is 3.13. The van der Waals surface area contributed by atoms with Crippen molar-refractivity contribution < 1.29 is 19.0 Å². The summed E-state index contributed by atoms with van der Waals surface area (Å²) >= 11 is 0. The number of hydrogen-bond acceptors (Lipinski definition) is 5. The van der Waals surface area contributed by atoms with Gasteiger partial charge in [-0.05, 0) is 48.9 Å². The molecule has 0 unspecified atom stereocenters. The highest BCUT2D eigenvalue weighted by Crippen LogP contribution is 2.30. The molecule has 0 atom stereocenters. The number of nitrogens with zero attached hydrogens (tertiary/aromatic N) is 1. The summed E-state index contributed by atoms with van der Waals surface area (Å²) in [4.78, 5) is 14.9. The first kappa shape index (κ1) is 18.1. The predicted molar refractivity (Wildman–Crippen MR) is 102 cm³/mol. The van der Waals surface area contributed by atoms with Crippen LogP contribution in [0, 0.1) is 6.92 Å². The highest BCUT2D eigenvalue weighted by molar-refractivity contribution is 6.05. The summed E-state index contributed by atoms with van der Waals surface area (Å²) in [5, 5.41) is 2.94. The topological polar surface area (TPSA) is 60.0 Å². The van der Waals surface area contributed by atoms with Crippen LogP contribution in [0.4, 0.5) is 11.4 Å². The van der Waals surface area contributed by atoms with Crippen molar-refractivity contribution in [2.24, 2.45) is 0 Å². The minimum absolute atomic E-state index is 0.178. The van der Waals surface area contributed by atoms with E-state index in [-0.39, 0.29) is 5.91 Å². The molecular formula is C20H24N2O4. The number of ether oxygens (including phenoxy) is 3. The van der Waals surface area contributed by atoms with Crippen LogP contribution in [0.2, 0.25) is 0 Å². The number of amides is 1. The summed E-state index contributed by atoms with van der Waals surface area (Å²) in [6.45, 7) is 5.14. The molecule has 1 amide bonds. The maximum atomic E-state index is 12.7. The van der Waals surface area contributed by atoms with E-state index in [1.165, 1.54) is 0 Å². The van der Waals surface area contributed by atoms with Gasteiger partial charge in [0.2, 0.25) is 0 Å². The van der Waals surface area contributed by atoms with Crippen LogP contribution < -0.4 is 19.7 Å². The molecule has 0 radical (unpaired) electrons. The van der Waals surface area contributed by atoms with E-state index in [0.29, 0.717) is 17.1 Å². The largest absolute Gasteiger partial charge is 0.493 e. The molecule has 0 aromatic heterocycles. The van der Waals surface area contributed by atoms with E-state index in [0.717, 1.165) is 43.2 Å². The van der Waals surface area contributed by atoms with Gasteiger partial charge >= 0.3 is 0 Å². The van der Waals surface area contributed by atoms with Gasteiger partial charge < -0.3 is 24.4 Å². The van der Waals surface area contributed by atoms with Crippen molar-refractivity contribution in [3.8, 4) is 11.5 Å². The fourth-order valence-corrected chi connectivity index (χ4v) is 3.00. The summed E-state index contributed by atoms with van der Waals surface area (Å²) in [6, 6.07) is 11.4. The van der Waals surface area contributed by atoms with E-state index in [9.17, 15) is 4.79 Å². The summed E-state index contributed by atoms with van der Waals surface area (Å²) < 4.78 is 15.9. The van der Waals surface area contributed by atoms with Gasteiger partial charge in [-0.1, -0.05) is 0 Å². The molecule has 0 aliphatic carbocycles. The molecule has 1 saturated heterocycles. The molecule has 1 fully saturated rings. The highest BCUT2D eigenvalue weighted by Gasteiger charge is 2.15. The Labute approximate surface area is 153 Å². The molecule has 1 aliphatic heterocycles. The van der Waals surface area contributed by atoms with Crippen molar-refractivity contribution in [1.29, 1.82) is 0 Å². The first-order chi connectivity index (χ1) is 12.6. The molecule has 1 N–H and O–H groups in total. The van der Waals surface area contributed by atoms with Crippen LogP contribution in [0.1, 0.15) is 15.9 Å². The van der Waals surface area contributed by atoms with Crippen LogP contribution in [0.15, 0.2) is 36.4 Å². The Hall–Kier alpha value is -2.73. The molecule has 26 heavy (non-hydrogen) atoms. The van der Waals surface area contributed by atoms with Gasteiger partial charge in [-0.2, -0.15) is 0 Å². The van der Waals surface area contributed by atoms with Gasteiger partial charge in [-0.15, -0.1) is 0 Å². The van der Waals surface area contributed by atoms with Gasteiger partial charge in [0.1, 0.15) is 0 Å². The molecule has 0 saturated carbocycles. The molecule has 1 heterocycles. The highest BCUT2D eigenvalue weighted by atomic mass is 16.5. The van der Waals surface area contributed by atoms with Gasteiger partial charge in [-0.3, -0.25) is 4.79 Å². The van der Waals surface area contributed by atoms with E-state index >= 15 is 0 Å². The van der Waals surface area contributed by atoms with E-state index in [1.54, 1.807) is 26.4 Å².